The third-order valence-electron chi connectivity index (χ3n) is 3.19. The smallest absolute Gasteiger partial charge is 0.169 e. The normalized spacial score (nSPS) is 11.6. The van der Waals surface area contributed by atoms with Crippen LogP contribution in [-0.2, 0) is 16.0 Å². The fourth-order valence-electron chi connectivity index (χ4n) is 2.15. The van der Waals surface area contributed by atoms with E-state index in [0.29, 0.717) is 6.54 Å². The number of imidazole rings is 1. The van der Waals surface area contributed by atoms with Crippen LogP contribution >= 0.6 is 0 Å². The predicted octanol–water partition coefficient (Wildman–Crippen LogP) is 1.55. The summed E-state index contributed by atoms with van der Waals surface area (Å²) in [5.41, 5.74) is 2.23. The molecule has 2 rings (SSSR count). The summed E-state index contributed by atoms with van der Waals surface area (Å²) >= 11 is 0. The van der Waals surface area contributed by atoms with Crippen LogP contribution in [0.4, 0.5) is 0 Å². The number of hydrogen-bond donors (Lipinski definition) is 1. The van der Waals surface area contributed by atoms with E-state index in [1.807, 2.05) is 25.1 Å². The van der Waals surface area contributed by atoms with Gasteiger partial charge in [-0.25, -0.2) is 4.98 Å². The van der Waals surface area contributed by atoms with E-state index in [-0.39, 0.29) is 6.29 Å². The molecular formula is C14H21N3O2. The summed E-state index contributed by atoms with van der Waals surface area (Å²) in [4.78, 5) is 4.55. The lowest BCUT2D eigenvalue weighted by Crippen LogP contribution is -2.31. The van der Waals surface area contributed by atoms with Gasteiger partial charge in [0.1, 0.15) is 5.82 Å². The molecule has 0 fully saturated rings. The van der Waals surface area contributed by atoms with Crippen LogP contribution in [0.1, 0.15) is 5.82 Å². The Balaban J connectivity index is 1.93. The number of nitrogens with one attached hydrogen (secondary N) is 1. The van der Waals surface area contributed by atoms with E-state index in [1.165, 1.54) is 5.52 Å². The number of ether oxygens (including phenoxy) is 2. The summed E-state index contributed by atoms with van der Waals surface area (Å²) in [7, 11) is 3.28. The molecule has 5 nitrogen and oxygen atoms in total. The summed E-state index contributed by atoms with van der Waals surface area (Å²) in [6, 6.07) is 8.19. The topological polar surface area (TPSA) is 48.3 Å². The van der Waals surface area contributed by atoms with Gasteiger partial charge in [-0.05, 0) is 19.1 Å². The van der Waals surface area contributed by atoms with Gasteiger partial charge >= 0.3 is 0 Å². The first kappa shape index (κ1) is 14.0. The molecule has 1 heterocycles. The second-order valence-corrected chi connectivity index (χ2v) is 4.40. The van der Waals surface area contributed by atoms with E-state index in [2.05, 4.69) is 20.9 Å². The molecule has 0 unspecified atom stereocenters. The lowest BCUT2D eigenvalue weighted by atomic mass is 10.3. The number of rotatable bonds is 7. The Labute approximate surface area is 113 Å². The number of fused-ring (bicyclic) bond motifs is 1. The van der Waals surface area contributed by atoms with Crippen molar-refractivity contribution in [1.82, 2.24) is 14.9 Å². The minimum absolute atomic E-state index is 0.194. The van der Waals surface area contributed by atoms with Crippen molar-refractivity contribution in [3.63, 3.8) is 0 Å². The second-order valence-electron chi connectivity index (χ2n) is 4.40. The molecule has 2 aromatic rings. The van der Waals surface area contributed by atoms with Gasteiger partial charge in [0.05, 0.1) is 11.0 Å². The highest BCUT2D eigenvalue weighted by molar-refractivity contribution is 5.75. The minimum Gasteiger partial charge on any atom is -0.355 e. The van der Waals surface area contributed by atoms with Gasteiger partial charge in [-0.3, -0.25) is 0 Å². The number of benzene rings is 1. The van der Waals surface area contributed by atoms with Gasteiger partial charge < -0.3 is 19.4 Å². The summed E-state index contributed by atoms with van der Waals surface area (Å²) < 4.78 is 12.5. The molecule has 0 radical (unpaired) electrons. The molecule has 0 atom stereocenters. The van der Waals surface area contributed by atoms with Crippen LogP contribution in [0.3, 0.4) is 0 Å². The van der Waals surface area contributed by atoms with Gasteiger partial charge in [0.2, 0.25) is 0 Å². The zero-order valence-corrected chi connectivity index (χ0v) is 11.7. The van der Waals surface area contributed by atoms with Crippen molar-refractivity contribution in [2.24, 2.45) is 0 Å². The van der Waals surface area contributed by atoms with Crippen molar-refractivity contribution in [2.45, 2.75) is 19.8 Å². The van der Waals surface area contributed by atoms with Gasteiger partial charge in [0.15, 0.2) is 6.29 Å². The fourth-order valence-corrected chi connectivity index (χ4v) is 2.15. The molecule has 1 aromatic carbocycles. The molecule has 0 aliphatic rings. The van der Waals surface area contributed by atoms with Gasteiger partial charge in [-0.15, -0.1) is 0 Å². The van der Waals surface area contributed by atoms with Crippen molar-refractivity contribution in [3.05, 3.63) is 30.1 Å². The Morgan fingerprint density at radius 3 is 2.74 bits per heavy atom. The van der Waals surface area contributed by atoms with Crippen molar-refractivity contribution < 1.29 is 9.47 Å². The standard InChI is InChI=1S/C14H21N3O2/c1-11-16-12-6-4-5-7-13(12)17(11)9-8-15-10-14(18-2)19-3/h4-7,14-15H,8-10H2,1-3H3. The van der Waals surface area contributed by atoms with Crippen molar-refractivity contribution >= 4 is 11.0 Å². The molecule has 0 saturated heterocycles. The summed E-state index contributed by atoms with van der Waals surface area (Å²) in [5, 5.41) is 3.32. The van der Waals surface area contributed by atoms with Gasteiger partial charge in [-0.1, -0.05) is 12.1 Å². The van der Waals surface area contributed by atoms with Crippen molar-refractivity contribution in [2.75, 3.05) is 27.3 Å². The molecular weight excluding hydrogens is 242 g/mol. The maximum atomic E-state index is 5.13. The monoisotopic (exact) mass is 263 g/mol. The lowest BCUT2D eigenvalue weighted by molar-refractivity contribution is -0.0986. The van der Waals surface area contributed by atoms with Crippen LogP contribution in [0.2, 0.25) is 0 Å². The highest BCUT2D eigenvalue weighted by Gasteiger charge is 2.07. The Kier molecular flexibility index (Phi) is 4.90. The molecule has 5 heteroatoms. The zero-order valence-electron chi connectivity index (χ0n) is 11.7. The maximum Gasteiger partial charge on any atom is 0.169 e. The van der Waals surface area contributed by atoms with E-state index in [0.717, 1.165) is 24.4 Å². The highest BCUT2D eigenvalue weighted by Crippen LogP contribution is 2.14. The summed E-state index contributed by atoms with van der Waals surface area (Å²) in [5.74, 6) is 1.04. The predicted molar refractivity (Wildman–Crippen MR) is 75.1 cm³/mol. The fraction of sp³-hybridized carbons (Fsp3) is 0.500. The van der Waals surface area contributed by atoms with E-state index < -0.39 is 0 Å². The molecule has 0 aliphatic carbocycles. The van der Waals surface area contributed by atoms with Crippen molar-refractivity contribution in [1.29, 1.82) is 0 Å². The van der Waals surface area contributed by atoms with E-state index in [4.69, 9.17) is 9.47 Å². The summed E-state index contributed by atoms with van der Waals surface area (Å²) in [6.45, 7) is 4.45. The third-order valence-corrected chi connectivity index (χ3v) is 3.19. The Bertz CT molecular complexity index is 520. The molecule has 0 bridgehead atoms. The van der Waals surface area contributed by atoms with Gasteiger partial charge in [0, 0.05) is 33.9 Å². The van der Waals surface area contributed by atoms with Crippen LogP contribution in [0.15, 0.2) is 24.3 Å². The molecule has 1 N–H and O–H groups in total. The zero-order chi connectivity index (χ0) is 13.7. The van der Waals surface area contributed by atoms with Crippen molar-refractivity contribution in [3.8, 4) is 0 Å². The maximum absolute atomic E-state index is 5.13. The third kappa shape index (κ3) is 3.32. The minimum atomic E-state index is -0.194. The largest absolute Gasteiger partial charge is 0.355 e. The summed E-state index contributed by atoms with van der Waals surface area (Å²) in [6.07, 6.45) is -0.194. The van der Waals surface area contributed by atoms with Crippen LogP contribution in [0.5, 0.6) is 0 Å². The Morgan fingerprint density at radius 1 is 1.26 bits per heavy atom. The molecule has 1 aromatic heterocycles. The molecule has 19 heavy (non-hydrogen) atoms. The first-order chi connectivity index (χ1) is 9.26. The van der Waals surface area contributed by atoms with Crippen LogP contribution in [0, 0.1) is 6.92 Å². The molecule has 0 aliphatic heterocycles. The second kappa shape index (κ2) is 6.65. The number of methoxy groups -OCH3 is 2. The average molecular weight is 263 g/mol. The van der Waals surface area contributed by atoms with E-state index in [9.17, 15) is 0 Å². The average Bonchev–Trinajstić information content (AvgIpc) is 2.75. The Hall–Kier alpha value is -1.43. The first-order valence-corrected chi connectivity index (χ1v) is 6.44. The van der Waals surface area contributed by atoms with Crippen LogP contribution < -0.4 is 5.32 Å². The SMILES string of the molecule is COC(CNCCn1c(C)nc2ccccc21)OC. The lowest BCUT2D eigenvalue weighted by Gasteiger charge is -2.14. The number of aryl methyl sites for hydroxylation is 1. The number of hydrogen-bond acceptors (Lipinski definition) is 4. The molecule has 0 saturated carbocycles. The Morgan fingerprint density at radius 2 is 2.00 bits per heavy atom. The molecule has 104 valence electrons. The number of para-hydroxylation sites is 2. The quantitative estimate of drug-likeness (QED) is 0.608. The van der Waals surface area contributed by atoms with Crippen LogP contribution in [0.25, 0.3) is 11.0 Å². The van der Waals surface area contributed by atoms with E-state index in [1.54, 1.807) is 14.2 Å². The molecule has 0 amide bonds. The first-order valence-electron chi connectivity index (χ1n) is 6.44. The van der Waals surface area contributed by atoms with Gasteiger partial charge in [0.25, 0.3) is 0 Å². The molecule has 0 spiro atoms. The van der Waals surface area contributed by atoms with Crippen LogP contribution in [-0.4, -0.2) is 43.2 Å². The number of nitrogens with zero attached hydrogens (tertiary/aromatic N) is 2. The number of aromatic nitrogens is 2. The highest BCUT2D eigenvalue weighted by atomic mass is 16.7. The van der Waals surface area contributed by atoms with E-state index >= 15 is 0 Å². The van der Waals surface area contributed by atoms with Gasteiger partial charge in [-0.2, -0.15) is 0 Å².